The highest BCUT2D eigenvalue weighted by Crippen LogP contribution is 2.22. The lowest BCUT2D eigenvalue weighted by Crippen LogP contribution is -2.26. The zero-order valence-electron chi connectivity index (χ0n) is 9.41. The van der Waals surface area contributed by atoms with Crippen LogP contribution in [-0.4, -0.2) is 25.0 Å². The molecule has 0 spiro atoms. The summed E-state index contributed by atoms with van der Waals surface area (Å²) < 4.78 is 4.71. The predicted octanol–water partition coefficient (Wildman–Crippen LogP) is 3.09. The minimum absolute atomic E-state index is 0.277. The molecule has 0 saturated heterocycles. The number of amides is 1. The molecule has 6 heteroatoms. The molecule has 1 rings (SSSR count). The van der Waals surface area contributed by atoms with E-state index in [1.54, 1.807) is 0 Å². The summed E-state index contributed by atoms with van der Waals surface area (Å²) in [6, 6.07) is 4.45. The van der Waals surface area contributed by atoms with Crippen LogP contribution in [0.1, 0.15) is 10.4 Å². The number of rotatable bonds is 5. The summed E-state index contributed by atoms with van der Waals surface area (Å²) in [5, 5.41) is 3.02. The largest absolute Gasteiger partial charge is 0.441 e. The van der Waals surface area contributed by atoms with Crippen LogP contribution in [0.4, 0.5) is 4.79 Å². The van der Waals surface area contributed by atoms with Crippen molar-refractivity contribution < 1.29 is 14.3 Å². The molecule has 0 aliphatic rings. The summed E-state index contributed by atoms with van der Waals surface area (Å²) in [4.78, 5) is 22.7. The number of nitrogens with one attached hydrogen (secondary N) is 1. The first-order chi connectivity index (χ1) is 8.54. The third kappa shape index (κ3) is 4.39. The lowest BCUT2D eigenvalue weighted by Gasteiger charge is -2.05. The zero-order valence-corrected chi connectivity index (χ0v) is 10.9. The van der Waals surface area contributed by atoms with Crippen LogP contribution in [-0.2, 0) is 4.74 Å². The number of ketones is 1. The number of alkyl carbamates (subject to hydrolysis) is 1. The van der Waals surface area contributed by atoms with Gasteiger partial charge in [0.2, 0.25) is 0 Å². The van der Waals surface area contributed by atoms with Crippen molar-refractivity contribution in [1.29, 1.82) is 0 Å². The molecule has 96 valence electrons. The van der Waals surface area contributed by atoms with E-state index in [4.69, 9.17) is 27.9 Å². The van der Waals surface area contributed by atoms with Gasteiger partial charge in [0.25, 0.3) is 0 Å². The summed E-state index contributed by atoms with van der Waals surface area (Å²) in [6.07, 6.45) is 0.825. The van der Waals surface area contributed by atoms with E-state index in [1.165, 1.54) is 24.3 Å². The topological polar surface area (TPSA) is 55.4 Å². The molecule has 0 aliphatic heterocycles. The van der Waals surface area contributed by atoms with Crippen LogP contribution >= 0.6 is 23.2 Å². The van der Waals surface area contributed by atoms with Gasteiger partial charge >= 0.3 is 6.09 Å². The molecule has 18 heavy (non-hydrogen) atoms. The molecule has 0 unspecified atom stereocenters. The van der Waals surface area contributed by atoms with Gasteiger partial charge in [-0.1, -0.05) is 29.3 Å². The number of Topliss-reactive ketones (excluding diaryl/α,β-unsaturated/α-hetero) is 1. The van der Waals surface area contributed by atoms with Crippen LogP contribution in [0.25, 0.3) is 0 Å². The van der Waals surface area contributed by atoms with E-state index in [2.05, 4.69) is 11.9 Å². The number of halogens is 2. The smallest absolute Gasteiger partial charge is 0.407 e. The van der Waals surface area contributed by atoms with E-state index >= 15 is 0 Å². The standard InChI is InChI=1S/C12H11Cl2NO3/c1-2-5-15-12(17)18-7-11(16)8-3-4-9(13)10(14)6-8/h2-4,6H,1,5,7H2,(H,15,17). The average molecular weight is 288 g/mol. The van der Waals surface area contributed by atoms with Gasteiger partial charge in [-0.15, -0.1) is 6.58 Å². The molecule has 0 bridgehead atoms. The monoisotopic (exact) mass is 287 g/mol. The van der Waals surface area contributed by atoms with Crippen LogP contribution in [0, 0.1) is 0 Å². The van der Waals surface area contributed by atoms with Crippen LogP contribution in [0.5, 0.6) is 0 Å². The minimum Gasteiger partial charge on any atom is -0.441 e. The normalized spacial score (nSPS) is 9.67. The molecule has 1 aromatic rings. The fraction of sp³-hybridized carbons (Fsp3) is 0.167. The van der Waals surface area contributed by atoms with Crippen LogP contribution in [0.3, 0.4) is 0 Å². The molecule has 0 radical (unpaired) electrons. The molecule has 0 atom stereocenters. The van der Waals surface area contributed by atoms with Gasteiger partial charge in [0.1, 0.15) is 0 Å². The summed E-state index contributed by atoms with van der Waals surface area (Å²) >= 11 is 11.5. The average Bonchev–Trinajstić information content (AvgIpc) is 2.36. The molecule has 0 aliphatic carbocycles. The summed E-state index contributed by atoms with van der Waals surface area (Å²) in [5.74, 6) is -0.359. The fourth-order valence-corrected chi connectivity index (χ4v) is 1.39. The quantitative estimate of drug-likeness (QED) is 0.669. The highest BCUT2D eigenvalue weighted by molar-refractivity contribution is 6.42. The van der Waals surface area contributed by atoms with Crippen LogP contribution in [0.15, 0.2) is 30.9 Å². The van der Waals surface area contributed by atoms with E-state index in [-0.39, 0.29) is 24.0 Å². The number of carbonyl (C=O) groups excluding carboxylic acids is 2. The molecule has 0 heterocycles. The van der Waals surface area contributed by atoms with Crippen LogP contribution < -0.4 is 5.32 Å². The number of ether oxygens (including phenoxy) is 1. The maximum atomic E-state index is 11.7. The first-order valence-corrected chi connectivity index (χ1v) is 5.80. The molecular formula is C12H11Cl2NO3. The van der Waals surface area contributed by atoms with Gasteiger partial charge in [0.05, 0.1) is 10.0 Å². The highest BCUT2D eigenvalue weighted by atomic mass is 35.5. The van der Waals surface area contributed by atoms with E-state index < -0.39 is 6.09 Å². The maximum Gasteiger partial charge on any atom is 0.407 e. The van der Waals surface area contributed by atoms with E-state index in [0.29, 0.717) is 10.6 Å². The van der Waals surface area contributed by atoms with Gasteiger partial charge in [-0.2, -0.15) is 0 Å². The molecular weight excluding hydrogens is 277 g/mol. The Balaban J connectivity index is 2.52. The highest BCUT2D eigenvalue weighted by Gasteiger charge is 2.10. The Labute approximate surface area is 115 Å². The lowest BCUT2D eigenvalue weighted by atomic mass is 10.1. The van der Waals surface area contributed by atoms with E-state index in [9.17, 15) is 9.59 Å². The molecule has 1 aromatic carbocycles. The Morgan fingerprint density at radius 2 is 2.06 bits per heavy atom. The Morgan fingerprint density at radius 3 is 2.67 bits per heavy atom. The van der Waals surface area contributed by atoms with Crippen molar-refractivity contribution in [1.82, 2.24) is 5.32 Å². The SMILES string of the molecule is C=CCNC(=O)OCC(=O)c1ccc(Cl)c(Cl)c1. The van der Waals surface area contributed by atoms with Crippen molar-refractivity contribution in [2.45, 2.75) is 0 Å². The second-order valence-corrected chi connectivity index (χ2v) is 4.11. The van der Waals surface area contributed by atoms with Gasteiger partial charge in [-0.3, -0.25) is 4.79 Å². The zero-order chi connectivity index (χ0) is 13.5. The lowest BCUT2D eigenvalue weighted by molar-refractivity contribution is 0.0845. The maximum absolute atomic E-state index is 11.7. The number of hydrogen-bond acceptors (Lipinski definition) is 3. The van der Waals surface area contributed by atoms with Crippen molar-refractivity contribution in [3.05, 3.63) is 46.5 Å². The first-order valence-electron chi connectivity index (χ1n) is 5.04. The van der Waals surface area contributed by atoms with Crippen LogP contribution in [0.2, 0.25) is 10.0 Å². The van der Waals surface area contributed by atoms with Crippen molar-refractivity contribution >= 4 is 35.1 Å². The van der Waals surface area contributed by atoms with E-state index in [0.717, 1.165) is 0 Å². The number of hydrogen-bond donors (Lipinski definition) is 1. The molecule has 1 N–H and O–H groups in total. The third-order valence-electron chi connectivity index (χ3n) is 1.97. The number of carbonyl (C=O) groups is 2. The Morgan fingerprint density at radius 1 is 1.33 bits per heavy atom. The summed E-state index contributed by atoms with van der Waals surface area (Å²) in [5.41, 5.74) is 0.334. The Hall–Kier alpha value is -1.52. The van der Waals surface area contributed by atoms with E-state index in [1.807, 2.05) is 0 Å². The molecule has 0 fully saturated rings. The Bertz CT molecular complexity index is 474. The van der Waals surface area contributed by atoms with Gasteiger partial charge in [-0.05, 0) is 18.2 Å². The van der Waals surface area contributed by atoms with Crippen molar-refractivity contribution in [3.8, 4) is 0 Å². The third-order valence-corrected chi connectivity index (χ3v) is 2.71. The number of benzene rings is 1. The summed E-state index contributed by atoms with van der Waals surface area (Å²) in [7, 11) is 0. The van der Waals surface area contributed by atoms with Crippen molar-refractivity contribution in [2.24, 2.45) is 0 Å². The van der Waals surface area contributed by atoms with Crippen molar-refractivity contribution in [3.63, 3.8) is 0 Å². The second-order valence-electron chi connectivity index (χ2n) is 3.30. The van der Waals surface area contributed by atoms with Gasteiger partial charge < -0.3 is 10.1 Å². The van der Waals surface area contributed by atoms with Gasteiger partial charge in [-0.25, -0.2) is 4.79 Å². The molecule has 1 amide bonds. The molecule has 0 saturated carbocycles. The van der Waals surface area contributed by atoms with Gasteiger partial charge in [0, 0.05) is 12.1 Å². The Kier molecular flexibility index (Phi) is 5.68. The van der Waals surface area contributed by atoms with Crippen molar-refractivity contribution in [2.75, 3.05) is 13.2 Å². The fourth-order valence-electron chi connectivity index (χ4n) is 1.09. The minimum atomic E-state index is -0.677. The summed E-state index contributed by atoms with van der Waals surface area (Å²) in [6.45, 7) is 3.35. The van der Waals surface area contributed by atoms with Gasteiger partial charge in [0.15, 0.2) is 12.4 Å². The first kappa shape index (κ1) is 14.5. The predicted molar refractivity (Wildman–Crippen MR) is 70.3 cm³/mol. The second kappa shape index (κ2) is 7.03. The molecule has 0 aromatic heterocycles. The molecule has 4 nitrogen and oxygen atoms in total.